The molecular formula is C13H23F3N2O. The van der Waals surface area contributed by atoms with Crippen molar-refractivity contribution in [1.29, 1.82) is 0 Å². The average Bonchev–Trinajstić information content (AvgIpc) is 2.36. The van der Waals surface area contributed by atoms with E-state index in [0.717, 1.165) is 25.9 Å². The molecule has 112 valence electrons. The molecule has 6 heteroatoms. The van der Waals surface area contributed by atoms with Crippen LogP contribution >= 0.6 is 0 Å². The Bertz CT molecular complexity index is 288. The van der Waals surface area contributed by atoms with Crippen LogP contribution in [0.1, 0.15) is 32.6 Å². The number of carbonyl (C=O) groups excluding carboxylic acids is 1. The van der Waals surface area contributed by atoms with Gasteiger partial charge in [0.05, 0.1) is 6.42 Å². The van der Waals surface area contributed by atoms with E-state index in [2.05, 4.69) is 5.32 Å². The van der Waals surface area contributed by atoms with Crippen LogP contribution in [-0.4, -0.2) is 43.7 Å². The van der Waals surface area contributed by atoms with Gasteiger partial charge in [0.25, 0.3) is 0 Å². The van der Waals surface area contributed by atoms with Gasteiger partial charge in [-0.3, -0.25) is 4.79 Å². The molecule has 0 aromatic carbocycles. The van der Waals surface area contributed by atoms with Crippen LogP contribution in [0.25, 0.3) is 0 Å². The summed E-state index contributed by atoms with van der Waals surface area (Å²) >= 11 is 0. The summed E-state index contributed by atoms with van der Waals surface area (Å²) in [7, 11) is 1.44. The van der Waals surface area contributed by atoms with E-state index in [1.807, 2.05) is 6.92 Å². The lowest BCUT2D eigenvalue weighted by molar-refractivity contribution is -0.144. The Kier molecular flexibility index (Phi) is 6.10. The van der Waals surface area contributed by atoms with E-state index in [1.54, 1.807) is 0 Å². The van der Waals surface area contributed by atoms with Crippen molar-refractivity contribution in [3.8, 4) is 0 Å². The quantitative estimate of drug-likeness (QED) is 0.839. The van der Waals surface area contributed by atoms with E-state index in [0.29, 0.717) is 12.3 Å². The summed E-state index contributed by atoms with van der Waals surface area (Å²) in [5, 5.41) is 3.29. The summed E-state index contributed by atoms with van der Waals surface area (Å²) in [6.07, 6.45) is -2.61. The normalized spacial score (nSPS) is 22.1. The van der Waals surface area contributed by atoms with Gasteiger partial charge in [-0.05, 0) is 37.8 Å². The van der Waals surface area contributed by atoms with Crippen molar-refractivity contribution < 1.29 is 18.0 Å². The molecule has 2 atom stereocenters. The van der Waals surface area contributed by atoms with Crippen molar-refractivity contribution in [2.45, 2.75) is 38.8 Å². The van der Waals surface area contributed by atoms with Crippen LogP contribution in [0.15, 0.2) is 0 Å². The van der Waals surface area contributed by atoms with Gasteiger partial charge in [0.1, 0.15) is 0 Å². The molecule has 1 amide bonds. The van der Waals surface area contributed by atoms with E-state index in [1.165, 1.54) is 11.9 Å². The smallest absolute Gasteiger partial charge is 0.345 e. The first-order chi connectivity index (χ1) is 8.79. The zero-order valence-corrected chi connectivity index (χ0v) is 11.6. The lowest BCUT2D eigenvalue weighted by atomic mass is 9.85. The molecule has 0 radical (unpaired) electrons. The predicted octanol–water partition coefficient (Wildman–Crippen LogP) is 2.42. The van der Waals surface area contributed by atoms with Crippen LogP contribution in [0.3, 0.4) is 0 Å². The Hall–Kier alpha value is -0.780. The zero-order chi connectivity index (χ0) is 14.5. The number of halogens is 3. The molecule has 0 saturated carbocycles. The van der Waals surface area contributed by atoms with Crippen LogP contribution in [0.4, 0.5) is 13.2 Å². The van der Waals surface area contributed by atoms with Gasteiger partial charge in [-0.1, -0.05) is 6.92 Å². The second-order valence-corrected chi connectivity index (χ2v) is 5.47. The molecule has 0 spiro atoms. The molecule has 2 unspecified atom stereocenters. The van der Waals surface area contributed by atoms with E-state index in [4.69, 9.17) is 0 Å². The number of hydrogen-bond acceptors (Lipinski definition) is 2. The minimum atomic E-state index is -4.20. The Morgan fingerprint density at radius 1 is 1.47 bits per heavy atom. The van der Waals surface area contributed by atoms with Crippen LogP contribution in [-0.2, 0) is 4.79 Å². The number of amides is 1. The molecule has 1 aliphatic heterocycles. The van der Waals surface area contributed by atoms with Crippen molar-refractivity contribution >= 4 is 5.91 Å². The van der Waals surface area contributed by atoms with Crippen LogP contribution in [0.2, 0.25) is 0 Å². The minimum absolute atomic E-state index is 0.192. The van der Waals surface area contributed by atoms with E-state index < -0.39 is 12.6 Å². The highest BCUT2D eigenvalue weighted by Crippen LogP contribution is 2.24. The van der Waals surface area contributed by atoms with Gasteiger partial charge in [-0.25, -0.2) is 0 Å². The van der Waals surface area contributed by atoms with Gasteiger partial charge < -0.3 is 10.2 Å². The van der Waals surface area contributed by atoms with Crippen molar-refractivity contribution in [3.63, 3.8) is 0 Å². The summed E-state index contributed by atoms with van der Waals surface area (Å²) in [5.74, 6) is 0.477. The van der Waals surface area contributed by atoms with E-state index >= 15 is 0 Å². The largest absolute Gasteiger partial charge is 0.390 e. The monoisotopic (exact) mass is 280 g/mol. The summed E-state index contributed by atoms with van der Waals surface area (Å²) in [6.45, 7) is 3.68. The highest BCUT2D eigenvalue weighted by atomic mass is 19.4. The van der Waals surface area contributed by atoms with Gasteiger partial charge in [0, 0.05) is 20.0 Å². The second-order valence-electron chi connectivity index (χ2n) is 5.47. The maximum atomic E-state index is 12.1. The Morgan fingerprint density at radius 2 is 2.16 bits per heavy atom. The van der Waals surface area contributed by atoms with E-state index in [-0.39, 0.29) is 18.4 Å². The highest BCUT2D eigenvalue weighted by Gasteiger charge is 2.29. The molecule has 1 heterocycles. The van der Waals surface area contributed by atoms with Crippen LogP contribution in [0.5, 0.6) is 0 Å². The summed E-state index contributed by atoms with van der Waals surface area (Å²) in [4.78, 5) is 13.0. The fourth-order valence-corrected chi connectivity index (χ4v) is 2.38. The minimum Gasteiger partial charge on any atom is -0.345 e. The third-order valence-corrected chi connectivity index (χ3v) is 3.79. The lowest BCUT2D eigenvalue weighted by Gasteiger charge is -2.29. The van der Waals surface area contributed by atoms with Gasteiger partial charge in [-0.2, -0.15) is 13.2 Å². The van der Waals surface area contributed by atoms with E-state index in [9.17, 15) is 18.0 Å². The van der Waals surface area contributed by atoms with Crippen molar-refractivity contribution in [1.82, 2.24) is 10.2 Å². The van der Waals surface area contributed by atoms with Gasteiger partial charge in [0.15, 0.2) is 0 Å². The van der Waals surface area contributed by atoms with Gasteiger partial charge >= 0.3 is 6.18 Å². The Morgan fingerprint density at radius 3 is 2.68 bits per heavy atom. The predicted molar refractivity (Wildman–Crippen MR) is 67.7 cm³/mol. The fraction of sp³-hybridized carbons (Fsp3) is 0.923. The number of piperidine rings is 1. The molecule has 0 aromatic rings. The first-order valence-electron chi connectivity index (χ1n) is 6.81. The first kappa shape index (κ1) is 16.3. The van der Waals surface area contributed by atoms with Crippen molar-refractivity contribution in [3.05, 3.63) is 0 Å². The maximum Gasteiger partial charge on any atom is 0.390 e. The van der Waals surface area contributed by atoms with Gasteiger partial charge in [0.2, 0.25) is 5.91 Å². The number of nitrogens with one attached hydrogen (secondary N) is 1. The van der Waals surface area contributed by atoms with Gasteiger partial charge in [-0.15, -0.1) is 0 Å². The summed E-state index contributed by atoms with van der Waals surface area (Å²) < 4.78 is 36.3. The molecule has 1 saturated heterocycles. The third-order valence-electron chi connectivity index (χ3n) is 3.79. The summed E-state index contributed by atoms with van der Waals surface area (Å²) in [5.41, 5.74) is 0. The molecule has 1 rings (SSSR count). The third kappa shape index (κ3) is 6.27. The average molecular weight is 280 g/mol. The van der Waals surface area contributed by atoms with Crippen molar-refractivity contribution in [2.75, 3.05) is 26.7 Å². The molecule has 1 aliphatic rings. The lowest BCUT2D eigenvalue weighted by Crippen LogP contribution is -2.36. The Labute approximate surface area is 112 Å². The van der Waals surface area contributed by atoms with Crippen LogP contribution < -0.4 is 5.32 Å². The molecule has 1 fully saturated rings. The fourth-order valence-electron chi connectivity index (χ4n) is 2.38. The standard InChI is InChI=1S/C13H23F3N2O/c1-10(11-4-3-6-17-9-11)8-12(19)18(2)7-5-13(14,15)16/h10-11,17H,3-9H2,1-2H3. The molecule has 3 nitrogen and oxygen atoms in total. The number of rotatable bonds is 5. The number of nitrogens with zero attached hydrogens (tertiary/aromatic N) is 1. The van der Waals surface area contributed by atoms with Crippen molar-refractivity contribution in [2.24, 2.45) is 11.8 Å². The molecule has 19 heavy (non-hydrogen) atoms. The SMILES string of the molecule is CC(CC(=O)N(C)CCC(F)(F)F)C1CCCNC1. The topological polar surface area (TPSA) is 32.3 Å². The van der Waals surface area contributed by atoms with Crippen LogP contribution in [0, 0.1) is 11.8 Å². The molecule has 0 aliphatic carbocycles. The number of alkyl halides is 3. The summed E-state index contributed by atoms with van der Waals surface area (Å²) in [6, 6.07) is 0. The molecule has 1 N–H and O–H groups in total. The zero-order valence-electron chi connectivity index (χ0n) is 11.6. The highest BCUT2D eigenvalue weighted by molar-refractivity contribution is 5.76. The molecule has 0 bridgehead atoms. The molecule has 0 aromatic heterocycles. The number of carbonyl (C=O) groups is 1. The Balaban J connectivity index is 2.32. The maximum absolute atomic E-state index is 12.1. The number of hydrogen-bond donors (Lipinski definition) is 1. The molecular weight excluding hydrogens is 257 g/mol. The first-order valence-corrected chi connectivity index (χ1v) is 6.81. The second kappa shape index (κ2) is 7.12.